The molecule has 0 saturated heterocycles. The largest absolute Gasteiger partial charge is 0.481 e. The number of nitrogens with zero attached hydrogens (tertiary/aromatic N) is 5. The number of hydrogen-bond donors (Lipinski definition) is 1. The van der Waals surface area contributed by atoms with Crippen LogP contribution in [-0.2, 0) is 12.6 Å². The molecule has 0 fully saturated rings. The topological polar surface area (TPSA) is 94.9 Å². The minimum atomic E-state index is -4.54. The third-order valence-corrected chi connectivity index (χ3v) is 4.74. The molecule has 0 spiro atoms. The zero-order chi connectivity index (χ0) is 23.4. The summed E-state index contributed by atoms with van der Waals surface area (Å²) in [5.74, 6) is 0.616. The van der Waals surface area contributed by atoms with Gasteiger partial charge in [0.2, 0.25) is 11.8 Å². The fourth-order valence-corrected chi connectivity index (χ4v) is 3.14. The Morgan fingerprint density at radius 3 is 2.52 bits per heavy atom. The van der Waals surface area contributed by atoms with Gasteiger partial charge in [0, 0.05) is 31.1 Å². The molecule has 0 atom stereocenters. The van der Waals surface area contributed by atoms with Gasteiger partial charge < -0.3 is 14.8 Å². The van der Waals surface area contributed by atoms with Gasteiger partial charge in [0.1, 0.15) is 17.6 Å². The van der Waals surface area contributed by atoms with Crippen molar-refractivity contribution in [2.24, 2.45) is 0 Å². The zero-order valence-corrected chi connectivity index (χ0v) is 17.7. The summed E-state index contributed by atoms with van der Waals surface area (Å²) in [5.41, 5.74) is 1.96. The van der Waals surface area contributed by atoms with Crippen molar-refractivity contribution in [2.45, 2.75) is 19.5 Å². The number of methoxy groups -OCH3 is 1. The molecular weight excluding hydrogens is 437 g/mol. The number of hydrogen-bond acceptors (Lipinski definition) is 8. The lowest BCUT2D eigenvalue weighted by molar-refractivity contribution is -0.137. The van der Waals surface area contributed by atoms with E-state index in [0.29, 0.717) is 35.7 Å². The van der Waals surface area contributed by atoms with E-state index >= 15 is 0 Å². The molecule has 170 valence electrons. The molecule has 0 saturated carbocycles. The number of benzene rings is 1. The second-order valence-corrected chi connectivity index (χ2v) is 7.06. The number of aryl methyl sites for hydroxylation is 1. The summed E-state index contributed by atoms with van der Waals surface area (Å²) < 4.78 is 49.9. The van der Waals surface area contributed by atoms with Crippen LogP contribution >= 0.6 is 0 Å². The number of aromatic nitrogens is 5. The Kier molecular flexibility index (Phi) is 6.20. The van der Waals surface area contributed by atoms with Crippen molar-refractivity contribution in [2.75, 3.05) is 19.0 Å². The minimum absolute atomic E-state index is 0.179. The zero-order valence-electron chi connectivity index (χ0n) is 17.7. The van der Waals surface area contributed by atoms with E-state index in [-0.39, 0.29) is 11.8 Å². The molecule has 4 aromatic rings. The Morgan fingerprint density at radius 2 is 1.76 bits per heavy atom. The predicted molar refractivity (Wildman–Crippen MR) is 114 cm³/mol. The molecule has 0 unspecified atom stereocenters. The summed E-state index contributed by atoms with van der Waals surface area (Å²) in [6.07, 6.45) is 0.694. The van der Waals surface area contributed by atoms with Gasteiger partial charge >= 0.3 is 6.18 Å². The van der Waals surface area contributed by atoms with E-state index in [1.807, 2.05) is 19.1 Å². The van der Waals surface area contributed by atoms with Crippen molar-refractivity contribution in [3.8, 4) is 17.5 Å². The number of fused-ring (bicyclic) bond motifs is 1. The molecule has 4 rings (SSSR count). The van der Waals surface area contributed by atoms with Crippen molar-refractivity contribution in [3.63, 3.8) is 0 Å². The Bertz CT molecular complexity index is 1280. The highest BCUT2D eigenvalue weighted by Crippen LogP contribution is 2.35. The van der Waals surface area contributed by atoms with Crippen LogP contribution in [0.1, 0.15) is 16.7 Å². The van der Waals surface area contributed by atoms with Crippen molar-refractivity contribution >= 4 is 17.0 Å². The molecular formula is C22H19F3N6O2. The molecule has 3 aromatic heterocycles. The minimum Gasteiger partial charge on any atom is -0.481 e. The van der Waals surface area contributed by atoms with Gasteiger partial charge in [-0.25, -0.2) is 19.9 Å². The summed E-state index contributed by atoms with van der Waals surface area (Å²) in [7, 11) is 1.25. The van der Waals surface area contributed by atoms with E-state index in [1.165, 1.54) is 13.4 Å². The van der Waals surface area contributed by atoms with Crippen LogP contribution in [0.15, 0.2) is 49.1 Å². The van der Waals surface area contributed by atoms with E-state index in [1.54, 1.807) is 18.5 Å². The molecule has 0 bridgehead atoms. The Balaban J connectivity index is 1.44. The maximum absolute atomic E-state index is 13.1. The van der Waals surface area contributed by atoms with Gasteiger partial charge in [-0.15, -0.1) is 0 Å². The molecule has 33 heavy (non-hydrogen) atoms. The fourth-order valence-electron chi connectivity index (χ4n) is 3.14. The van der Waals surface area contributed by atoms with Crippen LogP contribution < -0.4 is 14.8 Å². The molecule has 3 heterocycles. The smallest absolute Gasteiger partial charge is 0.416 e. The fraction of sp³-hybridized carbons (Fsp3) is 0.227. The van der Waals surface area contributed by atoms with Gasteiger partial charge in [-0.1, -0.05) is 12.1 Å². The monoisotopic (exact) mass is 456 g/mol. The number of rotatable bonds is 7. The third-order valence-electron chi connectivity index (χ3n) is 4.74. The first-order valence-electron chi connectivity index (χ1n) is 9.90. The first-order chi connectivity index (χ1) is 15.8. The second-order valence-electron chi connectivity index (χ2n) is 7.06. The van der Waals surface area contributed by atoms with Gasteiger partial charge in [-0.3, -0.25) is 0 Å². The quantitative estimate of drug-likeness (QED) is 0.431. The van der Waals surface area contributed by atoms with Crippen molar-refractivity contribution < 1.29 is 22.6 Å². The molecule has 8 nitrogen and oxygen atoms in total. The van der Waals surface area contributed by atoms with E-state index in [4.69, 9.17) is 9.47 Å². The van der Waals surface area contributed by atoms with E-state index < -0.39 is 11.7 Å². The van der Waals surface area contributed by atoms with Gasteiger partial charge in [0.25, 0.3) is 0 Å². The predicted octanol–water partition coefficient (Wildman–Crippen LogP) is 4.60. The molecule has 0 aliphatic heterocycles. The van der Waals surface area contributed by atoms with Crippen LogP contribution in [0.4, 0.5) is 19.0 Å². The summed E-state index contributed by atoms with van der Waals surface area (Å²) in [6, 6.07) is 7.11. The highest BCUT2D eigenvalue weighted by atomic mass is 19.4. The third kappa shape index (κ3) is 5.25. The maximum atomic E-state index is 13.1. The Morgan fingerprint density at radius 1 is 0.970 bits per heavy atom. The van der Waals surface area contributed by atoms with Crippen LogP contribution in [0.3, 0.4) is 0 Å². The molecule has 11 heteroatoms. The first-order valence-corrected chi connectivity index (χ1v) is 9.90. The molecule has 0 amide bonds. The molecule has 0 aliphatic rings. The Labute approximate surface area is 186 Å². The lowest BCUT2D eigenvalue weighted by Crippen LogP contribution is -2.08. The summed E-state index contributed by atoms with van der Waals surface area (Å²) in [6.45, 7) is 2.39. The number of anilines is 1. The molecule has 1 N–H and O–H groups in total. The number of pyridine rings is 1. The van der Waals surface area contributed by atoms with Crippen LogP contribution in [0.2, 0.25) is 0 Å². The second kappa shape index (κ2) is 9.23. The van der Waals surface area contributed by atoms with Gasteiger partial charge in [0.15, 0.2) is 11.5 Å². The standard InChI is InChI=1S/C22H19F3N6O2/c1-13-9-14(5-6-27-20-19-21(30-12-29-20)28-8-7-26-19)3-4-16(13)33-18-11-15(22(23,24)25)10-17(31-18)32-2/h3-4,7-12H,5-6H2,1-2H3,(H,27,28,29,30). The normalized spacial score (nSPS) is 11.4. The van der Waals surface area contributed by atoms with Crippen LogP contribution in [0, 0.1) is 6.92 Å². The number of ether oxygens (including phenoxy) is 2. The van der Waals surface area contributed by atoms with E-state index in [9.17, 15) is 13.2 Å². The van der Waals surface area contributed by atoms with Crippen LogP contribution in [-0.4, -0.2) is 38.6 Å². The van der Waals surface area contributed by atoms with Crippen molar-refractivity contribution in [1.29, 1.82) is 0 Å². The average Bonchev–Trinajstić information content (AvgIpc) is 2.80. The molecule has 0 aliphatic carbocycles. The Hall–Kier alpha value is -4.02. The summed E-state index contributed by atoms with van der Waals surface area (Å²) >= 11 is 0. The number of halogens is 3. The average molecular weight is 456 g/mol. The summed E-state index contributed by atoms with van der Waals surface area (Å²) in [4.78, 5) is 20.7. The SMILES string of the molecule is COc1cc(C(F)(F)F)cc(Oc2ccc(CCNc3ncnc4nccnc34)cc2C)n1. The van der Waals surface area contributed by atoms with Gasteiger partial charge in [-0.2, -0.15) is 18.2 Å². The first kappa shape index (κ1) is 22.2. The van der Waals surface area contributed by atoms with Crippen molar-refractivity contribution in [3.05, 3.63) is 65.7 Å². The highest BCUT2D eigenvalue weighted by molar-refractivity contribution is 5.81. The maximum Gasteiger partial charge on any atom is 0.416 e. The molecule has 0 radical (unpaired) electrons. The van der Waals surface area contributed by atoms with Crippen molar-refractivity contribution in [1.82, 2.24) is 24.9 Å². The van der Waals surface area contributed by atoms with Crippen LogP contribution in [0.25, 0.3) is 11.2 Å². The van der Waals surface area contributed by atoms with E-state index in [0.717, 1.165) is 23.3 Å². The lowest BCUT2D eigenvalue weighted by Gasteiger charge is -2.13. The number of alkyl halides is 3. The molecule has 1 aromatic carbocycles. The number of nitrogens with one attached hydrogen (secondary N) is 1. The van der Waals surface area contributed by atoms with Gasteiger partial charge in [0.05, 0.1) is 12.7 Å². The van der Waals surface area contributed by atoms with Gasteiger partial charge in [-0.05, 0) is 30.5 Å². The summed E-state index contributed by atoms with van der Waals surface area (Å²) in [5, 5.41) is 3.23. The highest BCUT2D eigenvalue weighted by Gasteiger charge is 2.32. The van der Waals surface area contributed by atoms with E-state index in [2.05, 4.69) is 30.2 Å². The lowest BCUT2D eigenvalue weighted by atomic mass is 10.1. The van der Waals surface area contributed by atoms with Crippen LogP contribution in [0.5, 0.6) is 17.5 Å².